The Kier molecular flexibility index (Phi) is 8.46. The van der Waals surface area contributed by atoms with Crippen molar-refractivity contribution in [1.82, 2.24) is 4.90 Å². The summed E-state index contributed by atoms with van der Waals surface area (Å²) in [5.74, 6) is -0.504. The van der Waals surface area contributed by atoms with Crippen molar-refractivity contribution in [3.05, 3.63) is 0 Å². The number of carbonyl (C=O) groups is 2. The molecule has 0 aromatic heterocycles. The van der Waals surface area contributed by atoms with E-state index in [1.807, 2.05) is 0 Å². The van der Waals surface area contributed by atoms with Gasteiger partial charge in [-0.1, -0.05) is 0 Å². The van der Waals surface area contributed by atoms with Crippen LogP contribution in [-0.4, -0.2) is 64.4 Å². The highest BCUT2D eigenvalue weighted by molar-refractivity contribution is 5.78. The van der Waals surface area contributed by atoms with E-state index in [9.17, 15) is 9.59 Å². The molecule has 0 saturated heterocycles. The second-order valence-corrected chi connectivity index (χ2v) is 3.13. The lowest BCUT2D eigenvalue weighted by Gasteiger charge is -2.21. The first kappa shape index (κ1) is 14.9. The summed E-state index contributed by atoms with van der Waals surface area (Å²) in [5, 5.41) is 0. The molecular weight excluding hydrogens is 214 g/mol. The fourth-order valence-corrected chi connectivity index (χ4v) is 1.11. The van der Waals surface area contributed by atoms with Gasteiger partial charge in [0.15, 0.2) is 0 Å². The van der Waals surface area contributed by atoms with E-state index in [1.165, 1.54) is 19.1 Å². The number of ether oxygens (including phenoxy) is 3. The van der Waals surface area contributed by atoms with Gasteiger partial charge in [-0.25, -0.2) is 0 Å². The Hall–Kier alpha value is -1.14. The van der Waals surface area contributed by atoms with Gasteiger partial charge in [0.25, 0.3) is 0 Å². The molecule has 0 aliphatic rings. The first-order valence-corrected chi connectivity index (χ1v) is 4.98. The van der Waals surface area contributed by atoms with Crippen molar-refractivity contribution in [1.29, 1.82) is 0 Å². The second kappa shape index (κ2) is 9.11. The predicted octanol–water partition coefficient (Wildman–Crippen LogP) is -0.329. The zero-order chi connectivity index (χ0) is 12.4. The number of hydrogen-bond acceptors (Lipinski definition) is 5. The molecule has 0 aromatic rings. The zero-order valence-corrected chi connectivity index (χ0v) is 10.0. The summed E-state index contributed by atoms with van der Waals surface area (Å²) in [6, 6.07) is 0. The van der Waals surface area contributed by atoms with Crippen molar-refractivity contribution in [2.75, 3.05) is 47.6 Å². The summed E-state index contributed by atoms with van der Waals surface area (Å²) < 4.78 is 14.1. The maximum absolute atomic E-state index is 11.5. The number of amides is 1. The van der Waals surface area contributed by atoms with Crippen LogP contribution in [0.3, 0.4) is 0 Å². The third kappa shape index (κ3) is 6.36. The molecule has 0 heterocycles. The van der Waals surface area contributed by atoms with Crippen molar-refractivity contribution < 1.29 is 23.8 Å². The quantitative estimate of drug-likeness (QED) is 0.537. The van der Waals surface area contributed by atoms with E-state index in [1.54, 1.807) is 7.11 Å². The third-order valence-electron chi connectivity index (χ3n) is 2.00. The van der Waals surface area contributed by atoms with Gasteiger partial charge in [-0.15, -0.1) is 0 Å². The normalized spacial score (nSPS) is 9.94. The van der Waals surface area contributed by atoms with E-state index in [0.717, 1.165) is 0 Å². The van der Waals surface area contributed by atoms with Crippen LogP contribution in [0.5, 0.6) is 0 Å². The lowest BCUT2D eigenvalue weighted by atomic mass is 10.3. The fraction of sp³-hybridized carbons (Fsp3) is 0.800. The SMILES string of the molecule is COCCN(CCC(=O)OC)C(=O)COC. The first-order valence-electron chi connectivity index (χ1n) is 4.98. The molecule has 0 rings (SSSR count). The van der Waals surface area contributed by atoms with Crippen molar-refractivity contribution in [3.63, 3.8) is 0 Å². The molecule has 16 heavy (non-hydrogen) atoms. The van der Waals surface area contributed by atoms with Crippen LogP contribution in [0.2, 0.25) is 0 Å². The number of esters is 1. The van der Waals surface area contributed by atoms with Gasteiger partial charge in [-0.3, -0.25) is 9.59 Å². The van der Waals surface area contributed by atoms with Crippen LogP contribution in [0.1, 0.15) is 6.42 Å². The van der Waals surface area contributed by atoms with Gasteiger partial charge in [-0.05, 0) is 0 Å². The van der Waals surface area contributed by atoms with Crippen LogP contribution in [0, 0.1) is 0 Å². The Morgan fingerprint density at radius 2 is 1.75 bits per heavy atom. The standard InChI is InChI=1S/C10H19NO5/c1-14-7-6-11(9(12)8-15-2)5-4-10(13)16-3/h4-8H2,1-3H3. The van der Waals surface area contributed by atoms with Crippen LogP contribution >= 0.6 is 0 Å². The summed E-state index contributed by atoms with van der Waals surface area (Å²) in [6.45, 7) is 1.19. The Balaban J connectivity index is 4.08. The smallest absolute Gasteiger partial charge is 0.307 e. The van der Waals surface area contributed by atoms with Gasteiger partial charge < -0.3 is 19.1 Å². The summed E-state index contributed by atoms with van der Waals surface area (Å²) in [4.78, 5) is 24.0. The number of methoxy groups -OCH3 is 3. The molecular formula is C10H19NO5. The number of carbonyl (C=O) groups excluding carboxylic acids is 2. The Morgan fingerprint density at radius 3 is 2.25 bits per heavy atom. The fourth-order valence-electron chi connectivity index (χ4n) is 1.11. The summed E-state index contributed by atoms with van der Waals surface area (Å²) in [5.41, 5.74) is 0. The van der Waals surface area contributed by atoms with Crippen LogP contribution in [-0.2, 0) is 23.8 Å². The van der Waals surface area contributed by atoms with Crippen molar-refractivity contribution in [2.45, 2.75) is 6.42 Å². The van der Waals surface area contributed by atoms with Crippen LogP contribution in [0.15, 0.2) is 0 Å². The van der Waals surface area contributed by atoms with Crippen molar-refractivity contribution in [2.24, 2.45) is 0 Å². The van der Waals surface area contributed by atoms with E-state index in [4.69, 9.17) is 9.47 Å². The molecule has 0 saturated carbocycles. The lowest BCUT2D eigenvalue weighted by molar-refractivity contribution is -0.142. The highest BCUT2D eigenvalue weighted by Gasteiger charge is 2.14. The van der Waals surface area contributed by atoms with Gasteiger partial charge >= 0.3 is 5.97 Å². The molecule has 6 nitrogen and oxygen atoms in total. The van der Waals surface area contributed by atoms with Gasteiger partial charge in [-0.2, -0.15) is 0 Å². The maximum Gasteiger partial charge on any atom is 0.307 e. The van der Waals surface area contributed by atoms with E-state index in [-0.39, 0.29) is 24.9 Å². The van der Waals surface area contributed by atoms with E-state index >= 15 is 0 Å². The molecule has 0 bridgehead atoms. The monoisotopic (exact) mass is 233 g/mol. The molecule has 0 fully saturated rings. The maximum atomic E-state index is 11.5. The van der Waals surface area contributed by atoms with E-state index in [0.29, 0.717) is 19.7 Å². The van der Waals surface area contributed by atoms with Crippen molar-refractivity contribution in [3.8, 4) is 0 Å². The number of nitrogens with zero attached hydrogens (tertiary/aromatic N) is 1. The largest absolute Gasteiger partial charge is 0.469 e. The lowest BCUT2D eigenvalue weighted by Crippen LogP contribution is -2.37. The van der Waals surface area contributed by atoms with Crippen molar-refractivity contribution >= 4 is 11.9 Å². The molecule has 0 N–H and O–H groups in total. The summed E-state index contributed by atoms with van der Waals surface area (Å²) in [7, 11) is 4.32. The van der Waals surface area contributed by atoms with Crippen LogP contribution in [0.4, 0.5) is 0 Å². The molecule has 0 atom stereocenters. The number of hydrogen-bond donors (Lipinski definition) is 0. The van der Waals surface area contributed by atoms with Gasteiger partial charge in [0.1, 0.15) is 6.61 Å². The molecule has 0 aliphatic heterocycles. The second-order valence-electron chi connectivity index (χ2n) is 3.13. The third-order valence-corrected chi connectivity index (χ3v) is 2.00. The molecule has 1 amide bonds. The molecule has 6 heteroatoms. The molecule has 0 aromatic carbocycles. The molecule has 0 unspecified atom stereocenters. The predicted molar refractivity (Wildman–Crippen MR) is 57.0 cm³/mol. The molecule has 0 radical (unpaired) electrons. The zero-order valence-electron chi connectivity index (χ0n) is 10.0. The van der Waals surface area contributed by atoms with Gasteiger partial charge in [0.05, 0.1) is 20.1 Å². The van der Waals surface area contributed by atoms with Crippen LogP contribution < -0.4 is 0 Å². The minimum atomic E-state index is -0.340. The minimum Gasteiger partial charge on any atom is -0.469 e. The molecule has 0 aliphatic carbocycles. The summed E-state index contributed by atoms with van der Waals surface area (Å²) >= 11 is 0. The molecule has 94 valence electrons. The topological polar surface area (TPSA) is 65.1 Å². The summed E-state index contributed by atoms with van der Waals surface area (Å²) in [6.07, 6.45) is 0.176. The first-order chi connectivity index (χ1) is 7.65. The minimum absolute atomic E-state index is 0.00485. The number of rotatable bonds is 8. The molecule has 0 spiro atoms. The highest BCUT2D eigenvalue weighted by Crippen LogP contribution is 1.95. The van der Waals surface area contributed by atoms with Gasteiger partial charge in [0.2, 0.25) is 5.91 Å². The Labute approximate surface area is 95.4 Å². The highest BCUT2D eigenvalue weighted by atomic mass is 16.5. The average molecular weight is 233 g/mol. The Morgan fingerprint density at radius 1 is 1.06 bits per heavy atom. The van der Waals surface area contributed by atoms with Gasteiger partial charge in [0, 0.05) is 27.3 Å². The average Bonchev–Trinajstić information content (AvgIpc) is 2.29. The van der Waals surface area contributed by atoms with E-state index in [2.05, 4.69) is 4.74 Å². The van der Waals surface area contributed by atoms with E-state index < -0.39 is 0 Å². The Bertz CT molecular complexity index is 219. The van der Waals surface area contributed by atoms with Crippen LogP contribution in [0.25, 0.3) is 0 Å².